The Morgan fingerprint density at radius 2 is 1.87 bits per heavy atom. The normalized spacial score (nSPS) is 16.1. The number of aromatic nitrogens is 2. The van der Waals surface area contributed by atoms with Crippen molar-refractivity contribution in [2.45, 2.75) is 13.5 Å². The molecule has 3 aromatic rings. The second kappa shape index (κ2) is 6.01. The lowest BCUT2D eigenvalue weighted by Crippen LogP contribution is -2.46. The number of rotatable bonds is 3. The highest BCUT2D eigenvalue weighted by Gasteiger charge is 2.21. The molecular formula is C18H20N4O. The van der Waals surface area contributed by atoms with Crippen molar-refractivity contribution in [2.75, 3.05) is 31.1 Å². The predicted molar refractivity (Wildman–Crippen MR) is 90.5 cm³/mol. The Balaban J connectivity index is 1.41. The predicted octanol–water partition coefficient (Wildman–Crippen LogP) is 2.85. The molecule has 0 N–H and O–H groups in total. The standard InChI is InChI=1S/C18H20N4O/c1-14-15(5-4-8-19-14)13-21-9-11-22(12-10-21)18-20-16-6-2-3-7-17(16)23-18/h2-8H,9-13H2,1H3. The molecule has 0 saturated carbocycles. The van der Waals surface area contributed by atoms with Crippen LogP contribution in [0.15, 0.2) is 47.0 Å². The second-order valence-electron chi connectivity index (χ2n) is 5.98. The Morgan fingerprint density at radius 3 is 2.65 bits per heavy atom. The molecule has 3 heterocycles. The summed E-state index contributed by atoms with van der Waals surface area (Å²) in [4.78, 5) is 13.6. The molecule has 1 aliphatic heterocycles. The molecule has 1 aromatic carbocycles. The van der Waals surface area contributed by atoms with Crippen molar-refractivity contribution in [1.82, 2.24) is 14.9 Å². The van der Waals surface area contributed by atoms with Gasteiger partial charge in [0.25, 0.3) is 6.01 Å². The Hall–Kier alpha value is -2.40. The molecule has 5 heteroatoms. The largest absolute Gasteiger partial charge is 0.423 e. The zero-order chi connectivity index (χ0) is 15.6. The summed E-state index contributed by atoms with van der Waals surface area (Å²) in [5, 5.41) is 0. The van der Waals surface area contributed by atoms with E-state index >= 15 is 0 Å². The number of hydrogen-bond acceptors (Lipinski definition) is 5. The molecule has 0 unspecified atom stereocenters. The molecule has 1 aliphatic rings. The van der Waals surface area contributed by atoms with E-state index in [4.69, 9.17) is 4.42 Å². The van der Waals surface area contributed by atoms with Crippen LogP contribution in [-0.4, -0.2) is 41.0 Å². The summed E-state index contributed by atoms with van der Waals surface area (Å²) in [6.07, 6.45) is 1.85. The van der Waals surface area contributed by atoms with Crippen molar-refractivity contribution in [3.05, 3.63) is 53.9 Å². The Labute approximate surface area is 135 Å². The quantitative estimate of drug-likeness (QED) is 0.744. The monoisotopic (exact) mass is 308 g/mol. The Bertz CT molecular complexity index is 772. The number of pyridine rings is 1. The first kappa shape index (κ1) is 14.2. The van der Waals surface area contributed by atoms with Crippen LogP contribution in [0.5, 0.6) is 0 Å². The van der Waals surface area contributed by atoms with E-state index in [2.05, 4.69) is 32.8 Å². The molecule has 0 bridgehead atoms. The fourth-order valence-corrected chi connectivity index (χ4v) is 3.02. The van der Waals surface area contributed by atoms with Crippen LogP contribution in [0.3, 0.4) is 0 Å². The van der Waals surface area contributed by atoms with Gasteiger partial charge < -0.3 is 9.32 Å². The zero-order valence-electron chi connectivity index (χ0n) is 13.3. The number of aryl methyl sites for hydroxylation is 1. The lowest BCUT2D eigenvalue weighted by Gasteiger charge is -2.33. The number of fused-ring (bicyclic) bond motifs is 1. The van der Waals surface area contributed by atoms with Gasteiger partial charge in [0.05, 0.1) is 0 Å². The minimum atomic E-state index is 0.739. The minimum absolute atomic E-state index is 0.739. The molecule has 2 aromatic heterocycles. The number of oxazole rings is 1. The Kier molecular flexibility index (Phi) is 3.71. The van der Waals surface area contributed by atoms with Gasteiger partial charge in [-0.15, -0.1) is 0 Å². The summed E-state index contributed by atoms with van der Waals surface area (Å²) in [5.41, 5.74) is 4.21. The van der Waals surface area contributed by atoms with E-state index in [1.165, 1.54) is 5.56 Å². The van der Waals surface area contributed by atoms with Crippen LogP contribution < -0.4 is 4.90 Å². The van der Waals surface area contributed by atoms with E-state index in [1.807, 2.05) is 36.5 Å². The number of anilines is 1. The van der Waals surface area contributed by atoms with Crippen LogP contribution in [0.2, 0.25) is 0 Å². The van der Waals surface area contributed by atoms with Gasteiger partial charge in [-0.05, 0) is 30.7 Å². The molecule has 1 saturated heterocycles. The second-order valence-corrected chi connectivity index (χ2v) is 5.98. The first-order valence-corrected chi connectivity index (χ1v) is 8.03. The van der Waals surface area contributed by atoms with Crippen molar-refractivity contribution >= 4 is 17.1 Å². The molecule has 4 rings (SSSR count). The van der Waals surface area contributed by atoms with E-state index in [9.17, 15) is 0 Å². The molecule has 1 fully saturated rings. The molecule has 0 radical (unpaired) electrons. The van der Waals surface area contributed by atoms with E-state index in [0.717, 1.165) is 55.5 Å². The van der Waals surface area contributed by atoms with Crippen molar-refractivity contribution in [3.63, 3.8) is 0 Å². The lowest BCUT2D eigenvalue weighted by atomic mass is 10.2. The fourth-order valence-electron chi connectivity index (χ4n) is 3.02. The SMILES string of the molecule is Cc1ncccc1CN1CCN(c2nc3ccccc3o2)CC1. The first-order chi connectivity index (χ1) is 11.3. The van der Waals surface area contributed by atoms with Crippen molar-refractivity contribution in [1.29, 1.82) is 0 Å². The highest BCUT2D eigenvalue weighted by molar-refractivity contribution is 5.74. The van der Waals surface area contributed by atoms with Gasteiger partial charge in [0.15, 0.2) is 5.58 Å². The van der Waals surface area contributed by atoms with Crippen LogP contribution in [0.4, 0.5) is 6.01 Å². The van der Waals surface area contributed by atoms with Crippen LogP contribution in [-0.2, 0) is 6.54 Å². The minimum Gasteiger partial charge on any atom is -0.423 e. The topological polar surface area (TPSA) is 45.4 Å². The van der Waals surface area contributed by atoms with Gasteiger partial charge in [-0.1, -0.05) is 18.2 Å². The molecule has 0 spiro atoms. The summed E-state index contributed by atoms with van der Waals surface area (Å²) >= 11 is 0. The number of nitrogens with zero attached hydrogens (tertiary/aromatic N) is 4. The van der Waals surface area contributed by atoms with Gasteiger partial charge in [-0.3, -0.25) is 9.88 Å². The lowest BCUT2D eigenvalue weighted by molar-refractivity contribution is 0.245. The van der Waals surface area contributed by atoms with Gasteiger partial charge >= 0.3 is 0 Å². The Morgan fingerprint density at radius 1 is 1.04 bits per heavy atom. The third-order valence-corrected chi connectivity index (χ3v) is 4.44. The average Bonchev–Trinajstić information content (AvgIpc) is 3.02. The molecular weight excluding hydrogens is 288 g/mol. The smallest absolute Gasteiger partial charge is 0.298 e. The highest BCUT2D eigenvalue weighted by Crippen LogP contribution is 2.23. The maximum atomic E-state index is 5.87. The van der Waals surface area contributed by atoms with Crippen LogP contribution >= 0.6 is 0 Å². The molecule has 23 heavy (non-hydrogen) atoms. The van der Waals surface area contributed by atoms with Crippen LogP contribution in [0.25, 0.3) is 11.1 Å². The third kappa shape index (κ3) is 2.92. The maximum Gasteiger partial charge on any atom is 0.298 e. The third-order valence-electron chi connectivity index (χ3n) is 4.44. The van der Waals surface area contributed by atoms with Gasteiger partial charge in [-0.2, -0.15) is 4.98 Å². The molecule has 0 atom stereocenters. The van der Waals surface area contributed by atoms with Crippen LogP contribution in [0, 0.1) is 6.92 Å². The molecule has 118 valence electrons. The van der Waals surface area contributed by atoms with Gasteiger partial charge in [-0.25, -0.2) is 0 Å². The van der Waals surface area contributed by atoms with Gasteiger partial charge in [0.2, 0.25) is 0 Å². The van der Waals surface area contributed by atoms with E-state index in [-0.39, 0.29) is 0 Å². The first-order valence-electron chi connectivity index (χ1n) is 8.03. The van der Waals surface area contributed by atoms with Crippen molar-refractivity contribution in [3.8, 4) is 0 Å². The summed E-state index contributed by atoms with van der Waals surface area (Å²) < 4.78 is 5.87. The molecule has 0 amide bonds. The van der Waals surface area contributed by atoms with Crippen molar-refractivity contribution in [2.24, 2.45) is 0 Å². The van der Waals surface area contributed by atoms with E-state index < -0.39 is 0 Å². The summed E-state index contributed by atoms with van der Waals surface area (Å²) in [6, 6.07) is 12.8. The summed E-state index contributed by atoms with van der Waals surface area (Å²) in [6.45, 7) is 6.92. The highest BCUT2D eigenvalue weighted by atomic mass is 16.4. The number of benzene rings is 1. The fraction of sp³-hybridized carbons (Fsp3) is 0.333. The van der Waals surface area contributed by atoms with Gasteiger partial charge in [0, 0.05) is 44.6 Å². The average molecular weight is 308 g/mol. The molecule has 5 nitrogen and oxygen atoms in total. The van der Waals surface area contributed by atoms with Crippen molar-refractivity contribution < 1.29 is 4.42 Å². The number of hydrogen-bond donors (Lipinski definition) is 0. The van der Waals surface area contributed by atoms with E-state index in [0.29, 0.717) is 0 Å². The maximum absolute atomic E-state index is 5.87. The van der Waals surface area contributed by atoms with Gasteiger partial charge in [0.1, 0.15) is 5.52 Å². The summed E-state index contributed by atoms with van der Waals surface area (Å²) in [7, 11) is 0. The number of para-hydroxylation sites is 2. The summed E-state index contributed by atoms with van der Waals surface area (Å²) in [5.74, 6) is 0. The zero-order valence-corrected chi connectivity index (χ0v) is 13.3. The number of piperazine rings is 1. The van der Waals surface area contributed by atoms with Crippen LogP contribution in [0.1, 0.15) is 11.3 Å². The molecule has 0 aliphatic carbocycles. The van der Waals surface area contributed by atoms with E-state index in [1.54, 1.807) is 0 Å².